The Morgan fingerprint density at radius 2 is 1.44 bits per heavy atom. The second kappa shape index (κ2) is 13.1. The fraction of sp³-hybridized carbons (Fsp3) is 0.423. The van der Waals surface area contributed by atoms with Crippen molar-refractivity contribution in [3.63, 3.8) is 0 Å². The summed E-state index contributed by atoms with van der Waals surface area (Å²) in [5.41, 5.74) is 2.82. The van der Waals surface area contributed by atoms with E-state index >= 15 is 0 Å². The van der Waals surface area contributed by atoms with Gasteiger partial charge in [-0.1, -0.05) is 6.07 Å². The Kier molecular flexibility index (Phi) is 10.2. The zero-order chi connectivity index (χ0) is 25.1. The van der Waals surface area contributed by atoms with E-state index in [4.69, 9.17) is 24.2 Å². The molecule has 0 spiro atoms. The topological polar surface area (TPSA) is 98.1 Å². The molecule has 0 aliphatic carbocycles. The highest BCUT2D eigenvalue weighted by molar-refractivity contribution is 5.97. The number of carbonyl (C=O) groups is 2. The summed E-state index contributed by atoms with van der Waals surface area (Å²) in [6.45, 7) is 10.2. The van der Waals surface area contributed by atoms with Gasteiger partial charge in [0.1, 0.15) is 0 Å². The first-order valence-corrected chi connectivity index (χ1v) is 11.3. The zero-order valence-electron chi connectivity index (χ0n) is 20.5. The second-order valence-corrected chi connectivity index (χ2v) is 7.48. The third-order valence-corrected chi connectivity index (χ3v) is 4.74. The van der Waals surface area contributed by atoms with Crippen LogP contribution in [0.25, 0.3) is 0 Å². The minimum Gasteiger partial charge on any atom is -0.490 e. The van der Waals surface area contributed by atoms with Crippen LogP contribution in [0.4, 0.5) is 5.69 Å². The largest absolute Gasteiger partial charge is 0.490 e. The minimum absolute atomic E-state index is 0.154. The van der Waals surface area contributed by atoms with Crippen LogP contribution in [0.2, 0.25) is 0 Å². The van der Waals surface area contributed by atoms with Crippen molar-refractivity contribution in [1.82, 2.24) is 0 Å². The van der Waals surface area contributed by atoms with Crippen LogP contribution >= 0.6 is 0 Å². The van der Waals surface area contributed by atoms with Crippen molar-refractivity contribution in [1.29, 1.82) is 5.26 Å². The first kappa shape index (κ1) is 26.5. The van der Waals surface area contributed by atoms with E-state index in [2.05, 4.69) is 6.07 Å². The van der Waals surface area contributed by atoms with E-state index in [1.54, 1.807) is 0 Å². The molecule has 2 aromatic carbocycles. The maximum atomic E-state index is 13.0. The Bertz CT molecular complexity index is 997. The molecule has 0 aromatic heterocycles. The third kappa shape index (κ3) is 7.14. The molecule has 8 nitrogen and oxygen atoms in total. The van der Waals surface area contributed by atoms with Gasteiger partial charge in [-0.25, -0.2) is 4.79 Å². The molecule has 0 radical (unpaired) electrons. The number of amides is 1. The van der Waals surface area contributed by atoms with Crippen LogP contribution in [0.3, 0.4) is 0 Å². The Morgan fingerprint density at radius 3 is 1.94 bits per heavy atom. The molecule has 0 aliphatic heterocycles. The fourth-order valence-corrected chi connectivity index (χ4v) is 3.46. The highest BCUT2D eigenvalue weighted by Gasteiger charge is 2.22. The first-order chi connectivity index (χ1) is 16.3. The number of rotatable bonds is 12. The quantitative estimate of drug-likeness (QED) is 0.420. The predicted octanol–water partition coefficient (Wildman–Crippen LogP) is 4.60. The van der Waals surface area contributed by atoms with Crippen LogP contribution in [0.1, 0.15) is 48.7 Å². The Balaban J connectivity index is 2.24. The average molecular weight is 469 g/mol. The number of nitriles is 1. The fourth-order valence-electron chi connectivity index (χ4n) is 3.46. The van der Waals surface area contributed by atoms with E-state index < -0.39 is 18.5 Å². The lowest BCUT2D eigenvalue weighted by Gasteiger charge is -2.23. The van der Waals surface area contributed by atoms with Gasteiger partial charge in [0, 0.05) is 12.2 Å². The molecule has 0 saturated heterocycles. The van der Waals surface area contributed by atoms with Crippen molar-refractivity contribution >= 4 is 17.6 Å². The van der Waals surface area contributed by atoms with Crippen molar-refractivity contribution in [3.05, 3.63) is 47.0 Å². The van der Waals surface area contributed by atoms with E-state index in [0.29, 0.717) is 42.8 Å². The Morgan fingerprint density at radius 1 is 0.882 bits per heavy atom. The molecule has 1 amide bonds. The van der Waals surface area contributed by atoms with Gasteiger partial charge in [-0.2, -0.15) is 5.26 Å². The molecule has 0 heterocycles. The summed E-state index contributed by atoms with van der Waals surface area (Å²) in [7, 11) is 0. The molecule has 2 rings (SSSR count). The zero-order valence-corrected chi connectivity index (χ0v) is 20.5. The molecule has 0 unspecified atom stereocenters. The van der Waals surface area contributed by atoms with E-state index in [1.807, 2.05) is 52.8 Å². The summed E-state index contributed by atoms with van der Waals surface area (Å²) in [5, 5.41) is 9.01. The predicted molar refractivity (Wildman–Crippen MR) is 129 cm³/mol. The lowest BCUT2D eigenvalue weighted by Crippen LogP contribution is -2.35. The molecule has 2 aromatic rings. The molecule has 0 fully saturated rings. The van der Waals surface area contributed by atoms with Crippen LogP contribution in [-0.2, 0) is 9.53 Å². The number of aryl methyl sites for hydroxylation is 2. The van der Waals surface area contributed by atoms with E-state index in [1.165, 1.54) is 17.0 Å². The minimum atomic E-state index is -0.695. The van der Waals surface area contributed by atoms with Gasteiger partial charge in [-0.15, -0.1) is 0 Å². The van der Waals surface area contributed by atoms with Gasteiger partial charge >= 0.3 is 5.97 Å². The van der Waals surface area contributed by atoms with Gasteiger partial charge in [0.25, 0.3) is 5.91 Å². The number of benzene rings is 2. The standard InChI is InChI=1S/C26H32N2O6/c1-6-31-22-15-20(16-23(32-7-2)25(22)33-8-3)26(30)34-17-24(29)28(11-9-10-27)21-13-18(4)12-19(5)14-21/h12-16H,6-9,11,17H2,1-5H3. The third-order valence-electron chi connectivity index (χ3n) is 4.74. The molecule has 182 valence electrons. The van der Waals surface area contributed by atoms with Crippen molar-refractivity contribution in [2.24, 2.45) is 0 Å². The molecule has 0 aliphatic rings. The highest BCUT2D eigenvalue weighted by Crippen LogP contribution is 2.39. The summed E-state index contributed by atoms with van der Waals surface area (Å²) in [6.07, 6.45) is 0.154. The van der Waals surface area contributed by atoms with Crippen LogP contribution in [-0.4, -0.2) is 44.8 Å². The maximum absolute atomic E-state index is 13.0. The molecule has 0 bridgehead atoms. The van der Waals surface area contributed by atoms with Crippen molar-refractivity contribution in [2.45, 2.75) is 41.0 Å². The van der Waals surface area contributed by atoms with E-state index in [-0.39, 0.29) is 18.5 Å². The number of esters is 1. The van der Waals surface area contributed by atoms with Crippen LogP contribution in [0.15, 0.2) is 30.3 Å². The molecular formula is C26H32N2O6. The van der Waals surface area contributed by atoms with Crippen LogP contribution in [0.5, 0.6) is 17.2 Å². The van der Waals surface area contributed by atoms with Crippen molar-refractivity contribution in [3.8, 4) is 23.3 Å². The summed E-state index contributed by atoms with van der Waals surface area (Å²) >= 11 is 0. The van der Waals surface area contributed by atoms with Gasteiger partial charge in [-0.05, 0) is 70.0 Å². The van der Waals surface area contributed by atoms with Gasteiger partial charge in [0.15, 0.2) is 18.1 Å². The number of hydrogen-bond acceptors (Lipinski definition) is 7. The van der Waals surface area contributed by atoms with Gasteiger partial charge in [-0.3, -0.25) is 4.79 Å². The molecule has 0 atom stereocenters. The smallest absolute Gasteiger partial charge is 0.338 e. The number of carbonyl (C=O) groups excluding carboxylic acids is 2. The normalized spacial score (nSPS) is 10.2. The Labute approximate surface area is 201 Å². The second-order valence-electron chi connectivity index (χ2n) is 7.48. The monoisotopic (exact) mass is 468 g/mol. The summed E-state index contributed by atoms with van der Waals surface area (Å²) in [4.78, 5) is 27.2. The molecule has 8 heteroatoms. The Hall–Kier alpha value is -3.73. The lowest BCUT2D eigenvalue weighted by molar-refractivity contribution is -0.121. The van der Waals surface area contributed by atoms with Gasteiger partial charge < -0.3 is 23.8 Å². The van der Waals surface area contributed by atoms with Gasteiger partial charge in [0.05, 0.1) is 37.9 Å². The van der Waals surface area contributed by atoms with Crippen LogP contribution in [0, 0.1) is 25.2 Å². The van der Waals surface area contributed by atoms with E-state index in [9.17, 15) is 9.59 Å². The highest BCUT2D eigenvalue weighted by atomic mass is 16.5. The lowest BCUT2D eigenvalue weighted by atomic mass is 10.1. The number of ether oxygens (including phenoxy) is 4. The number of anilines is 1. The summed E-state index contributed by atoms with van der Waals surface area (Å²) < 4.78 is 22.3. The molecule has 0 saturated carbocycles. The van der Waals surface area contributed by atoms with Crippen molar-refractivity contribution in [2.75, 3.05) is 37.9 Å². The number of hydrogen-bond donors (Lipinski definition) is 0. The molecule has 0 N–H and O–H groups in total. The van der Waals surface area contributed by atoms with Gasteiger partial charge in [0.2, 0.25) is 5.75 Å². The molecule has 34 heavy (non-hydrogen) atoms. The van der Waals surface area contributed by atoms with Crippen molar-refractivity contribution < 1.29 is 28.5 Å². The first-order valence-electron chi connectivity index (χ1n) is 11.3. The summed E-state index contributed by atoms with van der Waals surface area (Å²) in [6, 6.07) is 10.8. The van der Waals surface area contributed by atoms with Crippen LogP contribution < -0.4 is 19.1 Å². The average Bonchev–Trinajstić information content (AvgIpc) is 2.79. The summed E-state index contributed by atoms with van der Waals surface area (Å²) in [5.74, 6) is 0.0174. The molecular weight excluding hydrogens is 436 g/mol. The van der Waals surface area contributed by atoms with E-state index in [0.717, 1.165) is 11.1 Å². The SMILES string of the molecule is CCOc1cc(C(=O)OCC(=O)N(CCC#N)c2cc(C)cc(C)c2)cc(OCC)c1OCC. The maximum Gasteiger partial charge on any atom is 0.338 e. The number of nitrogens with zero attached hydrogens (tertiary/aromatic N) is 2.